The van der Waals surface area contributed by atoms with E-state index in [4.69, 9.17) is 4.74 Å². The quantitative estimate of drug-likeness (QED) is 0.416. The number of amides is 1. The van der Waals surface area contributed by atoms with E-state index in [9.17, 15) is 9.59 Å². The molecule has 4 rings (SSSR count). The summed E-state index contributed by atoms with van der Waals surface area (Å²) in [6.07, 6.45) is 0. The Hall–Kier alpha value is -3.60. The first kappa shape index (κ1) is 17.8. The Bertz CT molecular complexity index is 1210. The van der Waals surface area contributed by atoms with Crippen LogP contribution in [0.1, 0.15) is 19.4 Å². The molecule has 0 saturated heterocycles. The number of carbonyl (C=O) groups excluding carboxylic acids is 2. The molecule has 0 unspecified atom stereocenters. The second kappa shape index (κ2) is 7.19. The van der Waals surface area contributed by atoms with Crippen molar-refractivity contribution in [2.75, 3.05) is 5.32 Å². The minimum atomic E-state index is -0.343. The van der Waals surface area contributed by atoms with Gasteiger partial charge in [0, 0.05) is 48.4 Å². The van der Waals surface area contributed by atoms with Crippen LogP contribution in [0.15, 0.2) is 66.7 Å². The predicted molar refractivity (Wildman–Crippen MR) is 111 cm³/mol. The predicted octanol–water partition coefficient (Wildman–Crippen LogP) is 4.73. The number of ether oxygens (including phenoxy) is 1. The molecule has 1 aromatic heterocycles. The number of aromatic nitrogens is 1. The molecule has 1 N–H and O–H groups in total. The van der Waals surface area contributed by atoms with Gasteiger partial charge >= 0.3 is 5.97 Å². The van der Waals surface area contributed by atoms with Gasteiger partial charge in [-0.3, -0.25) is 9.59 Å². The molecule has 1 amide bonds. The highest BCUT2D eigenvalue weighted by Gasteiger charge is 2.12. The number of anilines is 1. The first-order chi connectivity index (χ1) is 13.5. The van der Waals surface area contributed by atoms with Gasteiger partial charge in [0.2, 0.25) is 5.91 Å². The summed E-state index contributed by atoms with van der Waals surface area (Å²) in [5.74, 6) is 0.0844. The van der Waals surface area contributed by atoms with Gasteiger partial charge in [-0.2, -0.15) is 0 Å². The molecule has 5 heteroatoms. The largest absolute Gasteiger partial charge is 0.427 e. The van der Waals surface area contributed by atoms with Crippen LogP contribution in [-0.4, -0.2) is 16.4 Å². The van der Waals surface area contributed by atoms with E-state index in [1.165, 1.54) is 13.8 Å². The van der Waals surface area contributed by atoms with E-state index in [0.29, 0.717) is 12.3 Å². The average molecular weight is 372 g/mol. The van der Waals surface area contributed by atoms with Crippen molar-refractivity contribution in [2.24, 2.45) is 0 Å². The highest BCUT2D eigenvalue weighted by molar-refractivity contribution is 6.08. The fourth-order valence-corrected chi connectivity index (χ4v) is 3.56. The molecule has 0 bridgehead atoms. The second-order valence-corrected chi connectivity index (χ2v) is 6.76. The lowest BCUT2D eigenvalue weighted by molar-refractivity contribution is -0.131. The molecular formula is C23H20N2O3. The zero-order valence-corrected chi connectivity index (χ0v) is 15.7. The summed E-state index contributed by atoms with van der Waals surface area (Å²) in [5.41, 5.74) is 3.92. The van der Waals surface area contributed by atoms with Gasteiger partial charge in [0.15, 0.2) is 0 Å². The standard InChI is InChI=1S/C23H20N2O3/c1-15(26)24-18-7-5-6-17(12-18)14-25-22-9-4-3-8-20(22)21-11-10-19(13-23(21)25)28-16(2)27/h3-13H,14H2,1-2H3,(H,24,26). The van der Waals surface area contributed by atoms with Crippen molar-refractivity contribution in [1.29, 1.82) is 0 Å². The van der Waals surface area contributed by atoms with Crippen molar-refractivity contribution in [2.45, 2.75) is 20.4 Å². The summed E-state index contributed by atoms with van der Waals surface area (Å²) in [7, 11) is 0. The van der Waals surface area contributed by atoms with Crippen molar-refractivity contribution >= 4 is 39.4 Å². The lowest BCUT2D eigenvalue weighted by Gasteiger charge is -2.10. The summed E-state index contributed by atoms with van der Waals surface area (Å²) in [6.45, 7) is 3.52. The molecule has 0 aliphatic heterocycles. The van der Waals surface area contributed by atoms with E-state index in [1.807, 2.05) is 54.6 Å². The Balaban J connectivity index is 1.84. The van der Waals surface area contributed by atoms with E-state index in [0.717, 1.165) is 33.1 Å². The van der Waals surface area contributed by atoms with Gasteiger partial charge in [-0.25, -0.2) is 0 Å². The molecule has 5 nitrogen and oxygen atoms in total. The minimum Gasteiger partial charge on any atom is -0.427 e. The zero-order chi connectivity index (χ0) is 19.7. The first-order valence-corrected chi connectivity index (χ1v) is 9.07. The molecular weight excluding hydrogens is 352 g/mol. The number of benzene rings is 3. The van der Waals surface area contributed by atoms with E-state index >= 15 is 0 Å². The molecule has 140 valence electrons. The van der Waals surface area contributed by atoms with Crippen molar-refractivity contribution in [3.63, 3.8) is 0 Å². The van der Waals surface area contributed by atoms with Crippen LogP contribution in [0.25, 0.3) is 21.8 Å². The van der Waals surface area contributed by atoms with Crippen LogP contribution < -0.4 is 10.1 Å². The molecule has 0 aliphatic rings. The van der Waals surface area contributed by atoms with Gasteiger partial charge in [0.25, 0.3) is 0 Å². The van der Waals surface area contributed by atoms with E-state index in [1.54, 1.807) is 0 Å². The number of rotatable bonds is 4. The number of carbonyl (C=O) groups is 2. The lowest BCUT2D eigenvalue weighted by Crippen LogP contribution is -2.06. The molecule has 0 atom stereocenters. The fourth-order valence-electron chi connectivity index (χ4n) is 3.56. The van der Waals surface area contributed by atoms with Crippen molar-refractivity contribution in [3.8, 4) is 5.75 Å². The average Bonchev–Trinajstić information content (AvgIpc) is 2.95. The smallest absolute Gasteiger partial charge is 0.308 e. The van der Waals surface area contributed by atoms with Gasteiger partial charge in [0.1, 0.15) is 5.75 Å². The molecule has 0 fully saturated rings. The monoisotopic (exact) mass is 372 g/mol. The summed E-state index contributed by atoms with van der Waals surface area (Å²) < 4.78 is 7.49. The maximum atomic E-state index is 11.4. The van der Waals surface area contributed by atoms with E-state index in [2.05, 4.69) is 22.0 Å². The Morgan fingerprint density at radius 2 is 1.68 bits per heavy atom. The number of esters is 1. The number of fused-ring (bicyclic) bond motifs is 3. The highest BCUT2D eigenvalue weighted by Crippen LogP contribution is 2.32. The van der Waals surface area contributed by atoms with Gasteiger partial charge in [0.05, 0.1) is 5.52 Å². The zero-order valence-electron chi connectivity index (χ0n) is 15.7. The Labute approximate surface area is 162 Å². The maximum Gasteiger partial charge on any atom is 0.308 e. The molecule has 0 aliphatic carbocycles. The van der Waals surface area contributed by atoms with Gasteiger partial charge in [-0.05, 0) is 35.9 Å². The number of nitrogens with one attached hydrogen (secondary N) is 1. The third-order valence-corrected chi connectivity index (χ3v) is 4.59. The third kappa shape index (κ3) is 3.47. The molecule has 0 saturated carbocycles. The van der Waals surface area contributed by atoms with Gasteiger partial charge < -0.3 is 14.6 Å². The Morgan fingerprint density at radius 3 is 2.46 bits per heavy atom. The van der Waals surface area contributed by atoms with Crippen molar-refractivity contribution in [1.82, 2.24) is 4.57 Å². The van der Waals surface area contributed by atoms with Crippen LogP contribution in [-0.2, 0) is 16.1 Å². The summed E-state index contributed by atoms with van der Waals surface area (Å²) >= 11 is 0. The minimum absolute atomic E-state index is 0.0972. The van der Waals surface area contributed by atoms with Crippen LogP contribution in [0.5, 0.6) is 5.75 Å². The Morgan fingerprint density at radius 1 is 0.893 bits per heavy atom. The van der Waals surface area contributed by atoms with E-state index in [-0.39, 0.29) is 11.9 Å². The highest BCUT2D eigenvalue weighted by atomic mass is 16.5. The third-order valence-electron chi connectivity index (χ3n) is 4.59. The number of hydrogen-bond donors (Lipinski definition) is 1. The lowest BCUT2D eigenvalue weighted by atomic mass is 10.1. The maximum absolute atomic E-state index is 11.4. The van der Waals surface area contributed by atoms with Crippen molar-refractivity contribution in [3.05, 3.63) is 72.3 Å². The van der Waals surface area contributed by atoms with Crippen LogP contribution in [0.4, 0.5) is 5.69 Å². The van der Waals surface area contributed by atoms with Crippen LogP contribution >= 0.6 is 0 Å². The van der Waals surface area contributed by atoms with Crippen LogP contribution in [0.3, 0.4) is 0 Å². The van der Waals surface area contributed by atoms with Gasteiger partial charge in [-0.15, -0.1) is 0 Å². The summed E-state index contributed by atoms with van der Waals surface area (Å²) in [6, 6.07) is 21.7. The molecule has 1 heterocycles. The molecule has 3 aromatic carbocycles. The van der Waals surface area contributed by atoms with Crippen LogP contribution in [0.2, 0.25) is 0 Å². The van der Waals surface area contributed by atoms with Gasteiger partial charge in [-0.1, -0.05) is 30.3 Å². The first-order valence-electron chi connectivity index (χ1n) is 9.07. The fraction of sp³-hybridized carbons (Fsp3) is 0.130. The van der Waals surface area contributed by atoms with Crippen molar-refractivity contribution < 1.29 is 14.3 Å². The molecule has 4 aromatic rings. The molecule has 28 heavy (non-hydrogen) atoms. The normalized spacial score (nSPS) is 10.9. The van der Waals surface area contributed by atoms with Crippen LogP contribution in [0, 0.1) is 0 Å². The summed E-state index contributed by atoms with van der Waals surface area (Å²) in [4.78, 5) is 22.7. The number of para-hydroxylation sites is 1. The summed E-state index contributed by atoms with van der Waals surface area (Å²) in [5, 5.41) is 5.07. The topological polar surface area (TPSA) is 60.3 Å². The number of hydrogen-bond acceptors (Lipinski definition) is 3. The Kier molecular flexibility index (Phi) is 4.57. The number of nitrogens with zero attached hydrogens (tertiary/aromatic N) is 1. The van der Waals surface area contributed by atoms with E-state index < -0.39 is 0 Å². The molecule has 0 radical (unpaired) electrons. The SMILES string of the molecule is CC(=O)Nc1cccc(Cn2c3ccccc3c3ccc(OC(C)=O)cc32)c1. The second-order valence-electron chi connectivity index (χ2n) is 6.76. The molecule has 0 spiro atoms.